The van der Waals surface area contributed by atoms with Crippen LogP contribution in [0.25, 0.3) is 0 Å². The fraction of sp³-hybridized carbons (Fsp3) is 1.00. The van der Waals surface area contributed by atoms with E-state index in [4.69, 9.17) is 0 Å². The molecule has 0 amide bonds. The molecule has 2 heteroatoms. The predicted octanol–water partition coefficient (Wildman–Crippen LogP) is 2.64. The van der Waals surface area contributed by atoms with Gasteiger partial charge in [-0.05, 0) is 51.6 Å². The Bertz CT molecular complexity index is 195. The first-order valence-electron chi connectivity index (χ1n) is 7.27. The minimum atomic E-state index is 0.803. The standard InChI is InChI=1S/C14H28N2/c1-3-9-16(12(2)10-13-6-7-13)14-5-4-8-15-11-14/h12-15H,3-11H2,1-2H3. The Morgan fingerprint density at radius 1 is 1.31 bits per heavy atom. The average Bonchev–Trinajstić information content (AvgIpc) is 3.11. The van der Waals surface area contributed by atoms with Crippen molar-refractivity contribution >= 4 is 0 Å². The molecular weight excluding hydrogens is 196 g/mol. The molecule has 1 saturated carbocycles. The van der Waals surface area contributed by atoms with Gasteiger partial charge >= 0.3 is 0 Å². The molecule has 1 saturated heterocycles. The third-order valence-corrected chi connectivity index (χ3v) is 4.16. The molecule has 1 aliphatic heterocycles. The molecule has 0 aromatic rings. The van der Waals surface area contributed by atoms with Crippen LogP contribution in [-0.4, -0.2) is 36.6 Å². The Hall–Kier alpha value is -0.0800. The van der Waals surface area contributed by atoms with E-state index in [-0.39, 0.29) is 0 Å². The van der Waals surface area contributed by atoms with Crippen LogP contribution in [0.1, 0.15) is 52.4 Å². The summed E-state index contributed by atoms with van der Waals surface area (Å²) in [6.07, 6.45) is 8.49. The van der Waals surface area contributed by atoms with Crippen molar-refractivity contribution in [3.63, 3.8) is 0 Å². The maximum atomic E-state index is 3.56. The molecule has 2 nitrogen and oxygen atoms in total. The molecule has 94 valence electrons. The summed E-state index contributed by atoms with van der Waals surface area (Å²) in [5, 5.41) is 3.56. The molecule has 0 radical (unpaired) electrons. The summed E-state index contributed by atoms with van der Waals surface area (Å²) in [6.45, 7) is 8.50. The number of nitrogens with zero attached hydrogens (tertiary/aromatic N) is 1. The number of hydrogen-bond acceptors (Lipinski definition) is 2. The van der Waals surface area contributed by atoms with Gasteiger partial charge in [0.15, 0.2) is 0 Å². The minimum Gasteiger partial charge on any atom is -0.315 e. The Morgan fingerprint density at radius 2 is 2.12 bits per heavy atom. The Morgan fingerprint density at radius 3 is 2.69 bits per heavy atom. The molecule has 2 aliphatic rings. The fourth-order valence-corrected chi connectivity index (χ4v) is 3.11. The smallest absolute Gasteiger partial charge is 0.0223 e. The van der Waals surface area contributed by atoms with Crippen LogP contribution in [0, 0.1) is 5.92 Å². The molecular formula is C14H28N2. The van der Waals surface area contributed by atoms with Crippen LogP contribution < -0.4 is 5.32 Å². The second-order valence-electron chi connectivity index (χ2n) is 5.77. The van der Waals surface area contributed by atoms with Crippen LogP contribution in [0.15, 0.2) is 0 Å². The first-order valence-corrected chi connectivity index (χ1v) is 7.27. The van der Waals surface area contributed by atoms with Crippen molar-refractivity contribution in [2.75, 3.05) is 19.6 Å². The van der Waals surface area contributed by atoms with E-state index in [1.807, 2.05) is 0 Å². The van der Waals surface area contributed by atoms with Crippen molar-refractivity contribution in [3.8, 4) is 0 Å². The van der Waals surface area contributed by atoms with Gasteiger partial charge in [0.2, 0.25) is 0 Å². The van der Waals surface area contributed by atoms with E-state index in [1.54, 1.807) is 0 Å². The molecule has 2 unspecified atom stereocenters. The number of rotatable bonds is 6. The summed E-state index contributed by atoms with van der Waals surface area (Å²) >= 11 is 0. The monoisotopic (exact) mass is 224 g/mol. The summed E-state index contributed by atoms with van der Waals surface area (Å²) in [5.74, 6) is 1.06. The van der Waals surface area contributed by atoms with Gasteiger partial charge in [-0.2, -0.15) is 0 Å². The van der Waals surface area contributed by atoms with Gasteiger partial charge in [0.1, 0.15) is 0 Å². The van der Waals surface area contributed by atoms with Gasteiger partial charge in [-0.15, -0.1) is 0 Å². The SMILES string of the molecule is CCCN(C(C)CC1CC1)C1CCCNC1. The maximum absolute atomic E-state index is 3.56. The molecule has 1 N–H and O–H groups in total. The predicted molar refractivity (Wildman–Crippen MR) is 69.7 cm³/mol. The first-order chi connectivity index (χ1) is 7.81. The summed E-state index contributed by atoms with van der Waals surface area (Å²) in [5.41, 5.74) is 0. The summed E-state index contributed by atoms with van der Waals surface area (Å²) in [7, 11) is 0. The lowest BCUT2D eigenvalue weighted by molar-refractivity contribution is 0.112. The zero-order valence-electron chi connectivity index (χ0n) is 11.0. The van der Waals surface area contributed by atoms with Gasteiger partial charge in [-0.25, -0.2) is 0 Å². The van der Waals surface area contributed by atoms with E-state index in [9.17, 15) is 0 Å². The second kappa shape index (κ2) is 6.02. The van der Waals surface area contributed by atoms with Gasteiger partial charge in [-0.3, -0.25) is 4.90 Å². The van der Waals surface area contributed by atoms with Crippen molar-refractivity contribution < 1.29 is 0 Å². The van der Waals surface area contributed by atoms with Crippen LogP contribution in [0.2, 0.25) is 0 Å². The molecule has 1 aliphatic carbocycles. The Kier molecular flexibility index (Phi) is 4.66. The zero-order valence-corrected chi connectivity index (χ0v) is 11.0. The van der Waals surface area contributed by atoms with Gasteiger partial charge in [0.05, 0.1) is 0 Å². The maximum Gasteiger partial charge on any atom is 0.0223 e. The van der Waals surface area contributed by atoms with Crippen LogP contribution in [0.5, 0.6) is 0 Å². The van der Waals surface area contributed by atoms with Crippen LogP contribution in [0.3, 0.4) is 0 Å². The van der Waals surface area contributed by atoms with E-state index in [0.717, 1.165) is 18.0 Å². The van der Waals surface area contributed by atoms with Crippen LogP contribution >= 0.6 is 0 Å². The lowest BCUT2D eigenvalue weighted by atomic mass is 10.0. The van der Waals surface area contributed by atoms with Gasteiger partial charge in [0, 0.05) is 18.6 Å². The quantitative estimate of drug-likeness (QED) is 0.746. The zero-order chi connectivity index (χ0) is 11.4. The lowest BCUT2D eigenvalue weighted by Crippen LogP contribution is -2.50. The average molecular weight is 224 g/mol. The molecule has 2 atom stereocenters. The van der Waals surface area contributed by atoms with Crippen molar-refractivity contribution in [2.24, 2.45) is 5.92 Å². The van der Waals surface area contributed by atoms with Crippen LogP contribution in [0.4, 0.5) is 0 Å². The first kappa shape index (κ1) is 12.4. The van der Waals surface area contributed by atoms with Crippen molar-refractivity contribution in [1.29, 1.82) is 0 Å². The lowest BCUT2D eigenvalue weighted by Gasteiger charge is -2.39. The normalized spacial score (nSPS) is 28.3. The molecule has 0 spiro atoms. The van der Waals surface area contributed by atoms with Gasteiger partial charge < -0.3 is 5.32 Å². The molecule has 16 heavy (non-hydrogen) atoms. The molecule has 2 rings (SSSR count). The number of piperidine rings is 1. The highest BCUT2D eigenvalue weighted by molar-refractivity contribution is 4.85. The highest BCUT2D eigenvalue weighted by atomic mass is 15.2. The molecule has 1 heterocycles. The van der Waals surface area contributed by atoms with Crippen molar-refractivity contribution in [2.45, 2.75) is 64.5 Å². The highest BCUT2D eigenvalue weighted by Crippen LogP contribution is 2.35. The molecule has 0 aromatic carbocycles. The van der Waals surface area contributed by atoms with E-state index in [2.05, 4.69) is 24.1 Å². The van der Waals surface area contributed by atoms with Gasteiger partial charge in [-0.1, -0.05) is 19.8 Å². The second-order valence-corrected chi connectivity index (χ2v) is 5.77. The Balaban J connectivity index is 1.85. The summed E-state index contributed by atoms with van der Waals surface area (Å²) < 4.78 is 0. The fourth-order valence-electron chi connectivity index (χ4n) is 3.11. The van der Waals surface area contributed by atoms with Crippen LogP contribution in [-0.2, 0) is 0 Å². The molecule has 2 fully saturated rings. The summed E-state index contributed by atoms with van der Waals surface area (Å²) in [6, 6.07) is 1.61. The third kappa shape index (κ3) is 3.46. The number of hydrogen-bond donors (Lipinski definition) is 1. The van der Waals surface area contributed by atoms with E-state index >= 15 is 0 Å². The van der Waals surface area contributed by atoms with Crippen molar-refractivity contribution in [3.05, 3.63) is 0 Å². The van der Waals surface area contributed by atoms with Crippen molar-refractivity contribution in [1.82, 2.24) is 10.2 Å². The van der Waals surface area contributed by atoms with E-state index in [0.29, 0.717) is 0 Å². The van der Waals surface area contributed by atoms with Gasteiger partial charge in [0.25, 0.3) is 0 Å². The minimum absolute atomic E-state index is 0.803. The Labute approximate surface area is 101 Å². The largest absolute Gasteiger partial charge is 0.315 e. The highest BCUT2D eigenvalue weighted by Gasteiger charge is 2.29. The van der Waals surface area contributed by atoms with E-state index < -0.39 is 0 Å². The number of nitrogens with one attached hydrogen (secondary N) is 1. The molecule has 0 aromatic heterocycles. The molecule has 0 bridgehead atoms. The summed E-state index contributed by atoms with van der Waals surface area (Å²) in [4.78, 5) is 2.78. The third-order valence-electron chi connectivity index (χ3n) is 4.16. The topological polar surface area (TPSA) is 15.3 Å². The van der Waals surface area contributed by atoms with E-state index in [1.165, 1.54) is 58.2 Å².